The molecule has 1 aliphatic carbocycles. The summed E-state index contributed by atoms with van der Waals surface area (Å²) in [5.74, 6) is 0.790. The summed E-state index contributed by atoms with van der Waals surface area (Å²) in [5.41, 5.74) is 2.43. The summed E-state index contributed by atoms with van der Waals surface area (Å²) in [7, 11) is 0. The predicted octanol–water partition coefficient (Wildman–Crippen LogP) is 3.82. The van der Waals surface area contributed by atoms with Gasteiger partial charge in [-0.25, -0.2) is 9.97 Å². The van der Waals surface area contributed by atoms with Gasteiger partial charge in [0.25, 0.3) is 5.91 Å². The number of amides is 1. The molecule has 2 N–H and O–H groups in total. The van der Waals surface area contributed by atoms with Gasteiger partial charge in [-0.3, -0.25) is 4.79 Å². The smallest absolute Gasteiger partial charge is 0.261 e. The molecule has 1 fully saturated rings. The van der Waals surface area contributed by atoms with E-state index in [0.717, 1.165) is 45.9 Å². The van der Waals surface area contributed by atoms with Crippen molar-refractivity contribution in [2.24, 2.45) is 0 Å². The first-order valence-electron chi connectivity index (χ1n) is 9.77. The van der Waals surface area contributed by atoms with E-state index < -0.39 is 0 Å². The second-order valence-electron chi connectivity index (χ2n) is 7.28. The molecule has 0 aromatic carbocycles. The van der Waals surface area contributed by atoms with E-state index in [9.17, 15) is 4.79 Å². The molecule has 144 valence electrons. The van der Waals surface area contributed by atoms with Gasteiger partial charge in [-0.15, -0.1) is 11.3 Å². The van der Waals surface area contributed by atoms with E-state index in [4.69, 9.17) is 4.74 Å². The van der Waals surface area contributed by atoms with Crippen molar-refractivity contribution in [3.8, 4) is 0 Å². The van der Waals surface area contributed by atoms with Gasteiger partial charge in [0.15, 0.2) is 0 Å². The number of thiophene rings is 1. The minimum Gasteiger partial charge on any atom is -0.379 e. The topological polar surface area (TPSA) is 76.1 Å². The Hall–Kier alpha value is -1.99. The van der Waals surface area contributed by atoms with Crippen molar-refractivity contribution in [3.05, 3.63) is 28.4 Å². The van der Waals surface area contributed by atoms with Crippen molar-refractivity contribution in [1.82, 2.24) is 15.3 Å². The van der Waals surface area contributed by atoms with Crippen molar-refractivity contribution in [3.63, 3.8) is 0 Å². The summed E-state index contributed by atoms with van der Waals surface area (Å²) >= 11 is 1.44. The number of rotatable bonds is 6. The molecular weight excluding hydrogens is 360 g/mol. The molecule has 0 radical (unpaired) electrons. The summed E-state index contributed by atoms with van der Waals surface area (Å²) < 4.78 is 5.44. The molecule has 1 aliphatic heterocycles. The van der Waals surface area contributed by atoms with E-state index in [1.54, 1.807) is 6.33 Å². The number of nitrogens with one attached hydrogen (secondary N) is 2. The SMILES string of the molecule is Cc1c(C(=O)NCCC2=CCCCC2)sc2ncnc(NC3CCOC3)c12. The van der Waals surface area contributed by atoms with E-state index in [2.05, 4.69) is 26.7 Å². The minimum absolute atomic E-state index is 0.0120. The first kappa shape index (κ1) is 18.4. The average molecular weight is 387 g/mol. The van der Waals surface area contributed by atoms with Gasteiger partial charge in [0.05, 0.1) is 22.9 Å². The van der Waals surface area contributed by atoms with Gasteiger partial charge in [-0.05, 0) is 51.0 Å². The first-order valence-corrected chi connectivity index (χ1v) is 10.6. The zero-order chi connectivity index (χ0) is 18.6. The quantitative estimate of drug-likeness (QED) is 0.738. The number of allylic oxidation sites excluding steroid dienone is 1. The van der Waals surface area contributed by atoms with Crippen LogP contribution >= 0.6 is 11.3 Å². The van der Waals surface area contributed by atoms with Crippen LogP contribution in [0.1, 0.15) is 53.8 Å². The van der Waals surface area contributed by atoms with Crippen LogP contribution in [0.15, 0.2) is 18.0 Å². The van der Waals surface area contributed by atoms with Crippen molar-refractivity contribution >= 4 is 33.3 Å². The van der Waals surface area contributed by atoms with Crippen LogP contribution in [0.25, 0.3) is 10.2 Å². The van der Waals surface area contributed by atoms with E-state index in [-0.39, 0.29) is 11.9 Å². The molecular formula is C20H26N4O2S. The Morgan fingerprint density at radius 2 is 2.30 bits per heavy atom. The second-order valence-corrected chi connectivity index (χ2v) is 8.28. The number of hydrogen-bond acceptors (Lipinski definition) is 6. The number of nitrogens with zero attached hydrogens (tertiary/aromatic N) is 2. The van der Waals surface area contributed by atoms with E-state index in [0.29, 0.717) is 13.2 Å². The van der Waals surface area contributed by atoms with Crippen LogP contribution in [-0.2, 0) is 4.74 Å². The molecule has 2 aliphatic rings. The molecule has 0 spiro atoms. The molecule has 0 bridgehead atoms. The van der Waals surface area contributed by atoms with Crippen LogP contribution in [0.3, 0.4) is 0 Å². The molecule has 2 aromatic rings. The standard InChI is InChI=1S/C20H26N4O2S/c1-13-16-18(24-15-8-10-26-11-15)22-12-23-20(16)27-17(13)19(25)21-9-7-14-5-3-2-4-6-14/h5,12,15H,2-4,6-11H2,1H3,(H,21,25)(H,22,23,24). The third-order valence-electron chi connectivity index (χ3n) is 5.32. The average Bonchev–Trinajstić information content (AvgIpc) is 3.31. The maximum absolute atomic E-state index is 12.7. The number of ether oxygens (including phenoxy) is 1. The van der Waals surface area contributed by atoms with Crippen LogP contribution in [0, 0.1) is 6.92 Å². The Balaban J connectivity index is 1.47. The van der Waals surface area contributed by atoms with Gasteiger partial charge in [0.1, 0.15) is 17.0 Å². The molecule has 27 heavy (non-hydrogen) atoms. The third-order valence-corrected chi connectivity index (χ3v) is 6.52. The molecule has 3 heterocycles. The van der Waals surface area contributed by atoms with Gasteiger partial charge >= 0.3 is 0 Å². The number of aromatic nitrogens is 2. The number of anilines is 1. The highest BCUT2D eigenvalue weighted by Crippen LogP contribution is 2.33. The molecule has 4 rings (SSSR count). The summed E-state index contributed by atoms with van der Waals surface area (Å²) in [6.07, 6.45) is 10.7. The predicted molar refractivity (Wildman–Crippen MR) is 108 cm³/mol. The van der Waals surface area contributed by atoms with E-state index in [1.807, 2.05) is 6.92 Å². The van der Waals surface area contributed by atoms with Gasteiger partial charge in [0, 0.05) is 13.2 Å². The van der Waals surface area contributed by atoms with Crippen LogP contribution in [-0.4, -0.2) is 41.7 Å². The van der Waals surface area contributed by atoms with E-state index in [1.165, 1.54) is 42.6 Å². The normalized spacial score (nSPS) is 19.9. The van der Waals surface area contributed by atoms with E-state index >= 15 is 0 Å². The molecule has 7 heteroatoms. The van der Waals surface area contributed by atoms with Crippen molar-refractivity contribution in [2.75, 3.05) is 25.1 Å². The summed E-state index contributed by atoms with van der Waals surface area (Å²) in [6.45, 7) is 4.14. The molecule has 1 saturated heterocycles. The Morgan fingerprint density at radius 3 is 3.07 bits per heavy atom. The largest absolute Gasteiger partial charge is 0.379 e. The van der Waals surface area contributed by atoms with Crippen LogP contribution < -0.4 is 10.6 Å². The fourth-order valence-corrected chi connectivity index (χ4v) is 4.85. The monoisotopic (exact) mass is 386 g/mol. The Kier molecular flexibility index (Phi) is 5.69. The van der Waals surface area contributed by atoms with Crippen molar-refractivity contribution in [2.45, 2.75) is 51.5 Å². The van der Waals surface area contributed by atoms with Gasteiger partial charge in [0.2, 0.25) is 0 Å². The number of carbonyl (C=O) groups is 1. The molecule has 1 atom stereocenters. The Morgan fingerprint density at radius 1 is 1.37 bits per heavy atom. The maximum atomic E-state index is 12.7. The van der Waals surface area contributed by atoms with Gasteiger partial charge in [-0.1, -0.05) is 11.6 Å². The molecule has 0 saturated carbocycles. The lowest BCUT2D eigenvalue weighted by atomic mass is 9.97. The fourth-order valence-electron chi connectivity index (χ4n) is 3.79. The van der Waals surface area contributed by atoms with Crippen molar-refractivity contribution in [1.29, 1.82) is 0 Å². The third kappa shape index (κ3) is 4.14. The molecule has 2 aromatic heterocycles. The van der Waals surface area contributed by atoms with Gasteiger partial charge < -0.3 is 15.4 Å². The minimum atomic E-state index is -0.0120. The number of aryl methyl sites for hydroxylation is 1. The fraction of sp³-hybridized carbons (Fsp3) is 0.550. The molecule has 1 amide bonds. The zero-order valence-corrected chi connectivity index (χ0v) is 16.5. The highest BCUT2D eigenvalue weighted by molar-refractivity contribution is 7.20. The van der Waals surface area contributed by atoms with Crippen LogP contribution in [0.2, 0.25) is 0 Å². The second kappa shape index (κ2) is 8.35. The van der Waals surface area contributed by atoms with Crippen molar-refractivity contribution < 1.29 is 9.53 Å². The van der Waals surface area contributed by atoms with Crippen LogP contribution in [0.5, 0.6) is 0 Å². The number of hydrogen-bond donors (Lipinski definition) is 2. The molecule has 6 nitrogen and oxygen atoms in total. The van der Waals surface area contributed by atoms with Gasteiger partial charge in [-0.2, -0.15) is 0 Å². The summed E-state index contributed by atoms with van der Waals surface area (Å²) in [5, 5.41) is 7.49. The summed E-state index contributed by atoms with van der Waals surface area (Å²) in [4.78, 5) is 23.1. The lowest BCUT2D eigenvalue weighted by Gasteiger charge is -2.13. The lowest BCUT2D eigenvalue weighted by Crippen LogP contribution is -2.24. The highest BCUT2D eigenvalue weighted by Gasteiger charge is 2.22. The van der Waals surface area contributed by atoms with Crippen LogP contribution in [0.4, 0.5) is 5.82 Å². The number of fused-ring (bicyclic) bond motifs is 1. The zero-order valence-electron chi connectivity index (χ0n) is 15.7. The Bertz CT molecular complexity index is 855. The first-order chi connectivity index (χ1) is 13.2. The molecule has 1 unspecified atom stereocenters. The maximum Gasteiger partial charge on any atom is 0.261 e. The summed E-state index contributed by atoms with van der Waals surface area (Å²) in [6, 6.07) is 0.267. The highest BCUT2D eigenvalue weighted by atomic mass is 32.1. The lowest BCUT2D eigenvalue weighted by molar-refractivity contribution is 0.0957. The number of carbonyl (C=O) groups excluding carboxylic acids is 1. The Labute approximate surface area is 163 Å².